The first-order valence-electron chi connectivity index (χ1n) is 8.01. The molecule has 0 aliphatic carbocycles. The van der Waals surface area contributed by atoms with E-state index in [1.54, 1.807) is 4.90 Å². The van der Waals surface area contributed by atoms with Gasteiger partial charge in [0.15, 0.2) is 0 Å². The van der Waals surface area contributed by atoms with Gasteiger partial charge in [0.05, 0.1) is 36.7 Å². The van der Waals surface area contributed by atoms with E-state index in [2.05, 4.69) is 35.8 Å². The lowest BCUT2D eigenvalue weighted by molar-refractivity contribution is -0.905. The highest BCUT2D eigenvalue weighted by molar-refractivity contribution is 7.18. The molecule has 4 heteroatoms. The van der Waals surface area contributed by atoms with E-state index in [4.69, 9.17) is 4.98 Å². The molecule has 21 heavy (non-hydrogen) atoms. The molecular weight excluding hydrogens is 278 g/mol. The summed E-state index contributed by atoms with van der Waals surface area (Å²) in [5.74, 6) is 0. The summed E-state index contributed by atoms with van der Waals surface area (Å²) in [5, 5.41) is 2.48. The Labute approximate surface area is 129 Å². The van der Waals surface area contributed by atoms with Gasteiger partial charge in [-0.25, -0.2) is 4.98 Å². The number of quaternary nitrogens is 1. The molecule has 1 N–H and O–H groups in total. The number of rotatable bonds is 3. The first-order valence-corrected chi connectivity index (χ1v) is 8.82. The van der Waals surface area contributed by atoms with Crippen LogP contribution >= 0.6 is 11.3 Å². The molecule has 0 amide bonds. The maximum atomic E-state index is 4.75. The molecule has 0 bridgehead atoms. The van der Waals surface area contributed by atoms with E-state index in [-0.39, 0.29) is 0 Å². The van der Waals surface area contributed by atoms with Gasteiger partial charge >= 0.3 is 0 Å². The van der Waals surface area contributed by atoms with Gasteiger partial charge in [0, 0.05) is 5.39 Å². The SMILES string of the molecule is Cc1nc2c3ccccc3n(CC[NH+]3CCCCC3)c2s1. The van der Waals surface area contributed by atoms with E-state index in [1.165, 1.54) is 65.2 Å². The number of hydrogen-bond acceptors (Lipinski definition) is 2. The average Bonchev–Trinajstić information content (AvgIpc) is 3.02. The van der Waals surface area contributed by atoms with Crippen LogP contribution in [0.3, 0.4) is 0 Å². The van der Waals surface area contributed by atoms with Crippen molar-refractivity contribution in [3.8, 4) is 0 Å². The van der Waals surface area contributed by atoms with E-state index < -0.39 is 0 Å². The molecule has 0 unspecified atom stereocenters. The maximum Gasteiger partial charge on any atom is 0.124 e. The molecule has 1 aliphatic rings. The quantitative estimate of drug-likeness (QED) is 0.789. The van der Waals surface area contributed by atoms with Crippen molar-refractivity contribution < 1.29 is 4.90 Å². The lowest BCUT2D eigenvalue weighted by Gasteiger charge is -2.23. The molecule has 1 aliphatic heterocycles. The summed E-state index contributed by atoms with van der Waals surface area (Å²) >= 11 is 1.83. The highest BCUT2D eigenvalue weighted by Gasteiger charge is 2.17. The van der Waals surface area contributed by atoms with Gasteiger partial charge in [-0.15, -0.1) is 11.3 Å². The zero-order valence-electron chi connectivity index (χ0n) is 12.6. The Kier molecular flexibility index (Phi) is 3.43. The fourth-order valence-corrected chi connectivity index (χ4v) is 4.56. The molecule has 0 radical (unpaired) electrons. The van der Waals surface area contributed by atoms with Crippen LogP contribution in [0.15, 0.2) is 24.3 Å². The molecule has 3 aromatic rings. The van der Waals surface area contributed by atoms with Crippen molar-refractivity contribution in [1.82, 2.24) is 9.55 Å². The second-order valence-corrected chi connectivity index (χ2v) is 7.30. The fraction of sp³-hybridized carbons (Fsp3) is 0.471. The van der Waals surface area contributed by atoms with Gasteiger partial charge in [0.2, 0.25) is 0 Å². The van der Waals surface area contributed by atoms with E-state index in [1.807, 2.05) is 11.3 Å². The van der Waals surface area contributed by atoms with E-state index in [0.717, 1.165) is 6.54 Å². The second-order valence-electron chi connectivity index (χ2n) is 6.12. The van der Waals surface area contributed by atoms with Crippen molar-refractivity contribution in [3.05, 3.63) is 29.3 Å². The van der Waals surface area contributed by atoms with Gasteiger partial charge in [-0.05, 0) is 32.3 Å². The number of hydrogen-bond donors (Lipinski definition) is 1. The van der Waals surface area contributed by atoms with Crippen molar-refractivity contribution in [2.75, 3.05) is 19.6 Å². The zero-order chi connectivity index (χ0) is 14.2. The Bertz CT molecular complexity index is 765. The van der Waals surface area contributed by atoms with Crippen molar-refractivity contribution in [3.63, 3.8) is 0 Å². The number of fused-ring (bicyclic) bond motifs is 3. The summed E-state index contributed by atoms with van der Waals surface area (Å²) in [6.45, 7) is 7.17. The van der Waals surface area contributed by atoms with Gasteiger partial charge in [-0.2, -0.15) is 0 Å². The summed E-state index contributed by atoms with van der Waals surface area (Å²) in [7, 11) is 0. The number of aromatic nitrogens is 2. The Balaban J connectivity index is 1.71. The van der Waals surface area contributed by atoms with Crippen LogP contribution < -0.4 is 4.90 Å². The molecule has 4 rings (SSSR count). The topological polar surface area (TPSA) is 22.3 Å². The lowest BCUT2D eigenvalue weighted by atomic mass is 10.1. The van der Waals surface area contributed by atoms with Crippen LogP contribution in [0, 0.1) is 6.92 Å². The van der Waals surface area contributed by atoms with Gasteiger partial charge in [0.25, 0.3) is 0 Å². The normalized spacial score (nSPS) is 17.0. The van der Waals surface area contributed by atoms with Gasteiger partial charge in [-0.3, -0.25) is 0 Å². The molecule has 1 aromatic carbocycles. The molecule has 0 spiro atoms. The minimum atomic E-state index is 1.11. The number of nitrogens with zero attached hydrogens (tertiary/aromatic N) is 2. The van der Waals surface area contributed by atoms with Crippen LogP contribution in [-0.2, 0) is 6.54 Å². The average molecular weight is 300 g/mol. The molecule has 110 valence electrons. The van der Waals surface area contributed by atoms with Crippen LogP contribution in [0.25, 0.3) is 21.3 Å². The zero-order valence-corrected chi connectivity index (χ0v) is 13.4. The highest BCUT2D eigenvalue weighted by Crippen LogP contribution is 2.32. The number of piperidine rings is 1. The second kappa shape index (κ2) is 5.43. The van der Waals surface area contributed by atoms with Crippen LogP contribution in [0.1, 0.15) is 24.3 Å². The third-order valence-electron chi connectivity index (χ3n) is 4.66. The van der Waals surface area contributed by atoms with Crippen molar-refractivity contribution >= 4 is 32.6 Å². The van der Waals surface area contributed by atoms with Crippen LogP contribution in [0.5, 0.6) is 0 Å². The van der Waals surface area contributed by atoms with Gasteiger partial charge < -0.3 is 9.47 Å². The number of benzene rings is 1. The van der Waals surface area contributed by atoms with Gasteiger partial charge in [0.1, 0.15) is 10.3 Å². The lowest BCUT2D eigenvalue weighted by Crippen LogP contribution is -3.13. The smallest absolute Gasteiger partial charge is 0.124 e. The number of nitrogens with one attached hydrogen (secondary N) is 1. The molecule has 3 nitrogen and oxygen atoms in total. The van der Waals surface area contributed by atoms with Crippen LogP contribution in [0.4, 0.5) is 0 Å². The van der Waals surface area contributed by atoms with Crippen LogP contribution in [0.2, 0.25) is 0 Å². The molecule has 3 heterocycles. The Hall–Kier alpha value is -1.39. The molecule has 0 saturated carbocycles. The molecule has 0 atom stereocenters. The predicted octanol–water partition coefficient (Wildman–Crippen LogP) is 2.63. The predicted molar refractivity (Wildman–Crippen MR) is 89.3 cm³/mol. The molecule has 1 fully saturated rings. The molecule has 2 aromatic heterocycles. The first kappa shape index (κ1) is 13.3. The third kappa shape index (κ3) is 2.36. The standard InChI is InChI=1S/C17H21N3S/c1-13-18-16-14-7-3-4-8-15(14)20(17(16)21-13)12-11-19-9-5-2-6-10-19/h3-4,7-8H,2,5-6,9-12H2,1H3/p+1. The van der Waals surface area contributed by atoms with Crippen molar-refractivity contribution in [1.29, 1.82) is 0 Å². The van der Waals surface area contributed by atoms with E-state index >= 15 is 0 Å². The number of thiazole rings is 1. The van der Waals surface area contributed by atoms with E-state index in [0.29, 0.717) is 0 Å². The fourth-order valence-electron chi connectivity index (χ4n) is 3.59. The van der Waals surface area contributed by atoms with Gasteiger partial charge in [-0.1, -0.05) is 18.2 Å². The summed E-state index contributed by atoms with van der Waals surface area (Å²) < 4.78 is 2.50. The van der Waals surface area contributed by atoms with Crippen LogP contribution in [-0.4, -0.2) is 29.2 Å². The monoisotopic (exact) mass is 300 g/mol. The number of likely N-dealkylation sites (tertiary alicyclic amines) is 1. The van der Waals surface area contributed by atoms with Crippen molar-refractivity contribution in [2.45, 2.75) is 32.7 Å². The highest BCUT2D eigenvalue weighted by atomic mass is 32.1. The summed E-state index contributed by atoms with van der Waals surface area (Å²) in [5.41, 5.74) is 2.55. The first-order chi connectivity index (χ1) is 10.3. The van der Waals surface area contributed by atoms with Crippen molar-refractivity contribution in [2.24, 2.45) is 0 Å². The number of aryl methyl sites for hydroxylation is 1. The minimum Gasteiger partial charge on any atom is -0.333 e. The maximum absolute atomic E-state index is 4.75. The Morgan fingerprint density at radius 3 is 2.86 bits per heavy atom. The summed E-state index contributed by atoms with van der Waals surface area (Å²) in [6.07, 6.45) is 4.22. The largest absolute Gasteiger partial charge is 0.333 e. The molecular formula is C17H22N3S+. The Morgan fingerprint density at radius 1 is 1.19 bits per heavy atom. The third-order valence-corrected chi connectivity index (χ3v) is 5.65. The number of para-hydroxylation sites is 1. The summed E-state index contributed by atoms with van der Waals surface area (Å²) in [6, 6.07) is 8.71. The summed E-state index contributed by atoms with van der Waals surface area (Å²) in [4.78, 5) is 7.87. The minimum absolute atomic E-state index is 1.11. The Morgan fingerprint density at radius 2 is 2.00 bits per heavy atom. The van der Waals surface area contributed by atoms with E-state index in [9.17, 15) is 0 Å². The molecule has 1 saturated heterocycles.